The van der Waals surface area contributed by atoms with Crippen LogP contribution in [-0.2, 0) is 0 Å². The average Bonchev–Trinajstić information content (AvgIpc) is 3.75. The van der Waals surface area contributed by atoms with E-state index in [0.717, 1.165) is 38.6 Å². The molecular formula is C46H27N3S. The van der Waals surface area contributed by atoms with Gasteiger partial charge in [0, 0.05) is 37.2 Å². The predicted molar refractivity (Wildman–Crippen MR) is 213 cm³/mol. The van der Waals surface area contributed by atoms with Gasteiger partial charge in [-0.3, -0.25) is 4.57 Å². The minimum Gasteiger partial charge on any atom is -0.276 e. The Morgan fingerprint density at radius 1 is 0.420 bits per heavy atom. The number of aromatic nitrogens is 3. The first-order chi connectivity index (χ1) is 24.8. The molecule has 0 aliphatic rings. The van der Waals surface area contributed by atoms with Crippen LogP contribution in [0.4, 0.5) is 0 Å². The Balaban J connectivity index is 1.29. The summed E-state index contributed by atoms with van der Waals surface area (Å²) < 4.78 is 4.86. The minimum atomic E-state index is 0.676. The van der Waals surface area contributed by atoms with Gasteiger partial charge in [-0.15, -0.1) is 11.3 Å². The van der Waals surface area contributed by atoms with Crippen LogP contribution in [0.1, 0.15) is 0 Å². The van der Waals surface area contributed by atoms with E-state index in [1.807, 2.05) is 11.3 Å². The van der Waals surface area contributed by atoms with E-state index in [9.17, 15) is 0 Å². The van der Waals surface area contributed by atoms with E-state index < -0.39 is 0 Å². The number of benzene rings is 8. The van der Waals surface area contributed by atoms with Gasteiger partial charge in [0.05, 0.1) is 26.9 Å². The van der Waals surface area contributed by atoms with Crippen molar-refractivity contribution in [2.24, 2.45) is 0 Å². The predicted octanol–water partition coefficient (Wildman–Crippen LogP) is 12.7. The van der Waals surface area contributed by atoms with Crippen LogP contribution in [-0.4, -0.2) is 14.5 Å². The molecule has 0 aliphatic carbocycles. The number of nitrogens with zero attached hydrogens (tertiary/aromatic N) is 3. The molecule has 0 radical (unpaired) electrons. The van der Waals surface area contributed by atoms with E-state index in [2.05, 4.69) is 168 Å². The molecule has 11 rings (SSSR count). The van der Waals surface area contributed by atoms with Gasteiger partial charge >= 0.3 is 0 Å². The summed E-state index contributed by atoms with van der Waals surface area (Å²) in [5, 5.41) is 10.9. The Morgan fingerprint density at radius 3 is 1.86 bits per heavy atom. The van der Waals surface area contributed by atoms with E-state index in [-0.39, 0.29) is 0 Å². The quantitative estimate of drug-likeness (QED) is 0.178. The maximum Gasteiger partial charge on any atom is 0.235 e. The SMILES string of the molecule is c1ccc(-c2ccc(-c3nc(-n4c5ccccc5c5c6ccccc6c6c7ccccc7sc6c54)nc4ccc5ccccc5c34)cc2)cc1. The smallest absolute Gasteiger partial charge is 0.235 e. The molecule has 8 aromatic carbocycles. The van der Waals surface area contributed by atoms with Crippen LogP contribution >= 0.6 is 11.3 Å². The fourth-order valence-electron chi connectivity index (χ4n) is 7.98. The number of hydrogen-bond donors (Lipinski definition) is 0. The van der Waals surface area contributed by atoms with E-state index >= 15 is 0 Å². The largest absolute Gasteiger partial charge is 0.276 e. The summed E-state index contributed by atoms with van der Waals surface area (Å²) >= 11 is 1.86. The zero-order valence-corrected chi connectivity index (χ0v) is 27.7. The number of fused-ring (bicyclic) bond motifs is 13. The molecule has 0 aliphatic heterocycles. The molecule has 50 heavy (non-hydrogen) atoms. The maximum absolute atomic E-state index is 5.56. The molecule has 0 atom stereocenters. The third kappa shape index (κ3) is 3.91. The lowest BCUT2D eigenvalue weighted by atomic mass is 9.98. The van der Waals surface area contributed by atoms with Crippen LogP contribution in [0.3, 0.4) is 0 Å². The molecule has 0 N–H and O–H groups in total. The van der Waals surface area contributed by atoms with Gasteiger partial charge in [-0.2, -0.15) is 0 Å². The van der Waals surface area contributed by atoms with Gasteiger partial charge in [0.2, 0.25) is 5.95 Å². The first-order valence-corrected chi connectivity index (χ1v) is 17.7. The Labute approximate surface area is 291 Å². The van der Waals surface area contributed by atoms with Crippen molar-refractivity contribution in [3.8, 4) is 28.3 Å². The highest BCUT2D eigenvalue weighted by atomic mass is 32.1. The van der Waals surface area contributed by atoms with Crippen LogP contribution in [0, 0.1) is 0 Å². The van der Waals surface area contributed by atoms with Gasteiger partial charge in [-0.1, -0.05) is 146 Å². The standard InChI is InChI=1S/C46H27N3S/c1-2-12-28(13-3-1)29-22-24-31(25-23-29)43-42-32-15-5-4-14-30(32)26-27-37(42)47-46(48-43)49-38-20-10-8-18-35(38)40-33-16-6-7-17-34(33)41-36-19-9-11-21-39(36)50-45(41)44(40)49/h1-27H. The first kappa shape index (κ1) is 27.6. The molecule has 0 fully saturated rings. The van der Waals surface area contributed by atoms with Crippen LogP contribution in [0.2, 0.25) is 0 Å². The highest BCUT2D eigenvalue weighted by molar-refractivity contribution is 7.27. The van der Waals surface area contributed by atoms with Crippen molar-refractivity contribution < 1.29 is 0 Å². The second-order valence-electron chi connectivity index (χ2n) is 12.9. The summed E-state index contributed by atoms with van der Waals surface area (Å²) in [5.41, 5.74) is 7.56. The summed E-state index contributed by atoms with van der Waals surface area (Å²) in [6.45, 7) is 0. The summed E-state index contributed by atoms with van der Waals surface area (Å²) in [7, 11) is 0. The molecule has 0 spiro atoms. The van der Waals surface area contributed by atoms with Crippen molar-refractivity contribution in [1.29, 1.82) is 0 Å². The van der Waals surface area contributed by atoms with Crippen molar-refractivity contribution in [3.05, 3.63) is 164 Å². The molecule has 0 amide bonds. The summed E-state index contributed by atoms with van der Waals surface area (Å²) in [6.07, 6.45) is 0. The monoisotopic (exact) mass is 653 g/mol. The molecule has 4 heteroatoms. The Bertz CT molecular complexity index is 3140. The van der Waals surface area contributed by atoms with E-state index in [1.54, 1.807) is 0 Å². The van der Waals surface area contributed by atoms with Gasteiger partial charge in [-0.05, 0) is 50.9 Å². The lowest BCUT2D eigenvalue weighted by Gasteiger charge is -2.14. The van der Waals surface area contributed by atoms with Crippen molar-refractivity contribution in [1.82, 2.24) is 14.5 Å². The highest BCUT2D eigenvalue weighted by Crippen LogP contribution is 2.48. The normalized spacial score (nSPS) is 12.0. The van der Waals surface area contributed by atoms with Crippen molar-refractivity contribution >= 4 is 85.8 Å². The maximum atomic E-state index is 5.56. The van der Waals surface area contributed by atoms with Crippen LogP contribution in [0.15, 0.2) is 164 Å². The van der Waals surface area contributed by atoms with Crippen molar-refractivity contribution in [2.45, 2.75) is 0 Å². The molecule has 3 nitrogen and oxygen atoms in total. The molecule has 0 saturated heterocycles. The van der Waals surface area contributed by atoms with Gasteiger partial charge in [0.15, 0.2) is 0 Å². The molecule has 0 bridgehead atoms. The third-order valence-corrected chi connectivity index (χ3v) is 11.4. The van der Waals surface area contributed by atoms with Gasteiger partial charge in [0.1, 0.15) is 0 Å². The second kappa shape index (κ2) is 10.6. The number of thiophene rings is 1. The van der Waals surface area contributed by atoms with Gasteiger partial charge in [-0.25, -0.2) is 9.97 Å². The lowest BCUT2D eigenvalue weighted by Crippen LogP contribution is -2.04. The topological polar surface area (TPSA) is 30.7 Å². The fourth-order valence-corrected chi connectivity index (χ4v) is 9.24. The summed E-state index contributed by atoms with van der Waals surface area (Å²) in [6, 6.07) is 58.6. The highest BCUT2D eigenvalue weighted by Gasteiger charge is 2.24. The number of hydrogen-bond acceptors (Lipinski definition) is 3. The number of rotatable bonds is 3. The lowest BCUT2D eigenvalue weighted by molar-refractivity contribution is 1.02. The second-order valence-corrected chi connectivity index (χ2v) is 14.0. The molecule has 11 aromatic rings. The van der Waals surface area contributed by atoms with E-state index in [0.29, 0.717) is 5.95 Å². The molecule has 0 saturated carbocycles. The molecular weight excluding hydrogens is 627 g/mol. The minimum absolute atomic E-state index is 0.676. The third-order valence-electron chi connectivity index (χ3n) is 10.2. The zero-order valence-electron chi connectivity index (χ0n) is 26.8. The summed E-state index contributed by atoms with van der Waals surface area (Å²) in [5.74, 6) is 0.676. The molecule has 3 heterocycles. The van der Waals surface area contributed by atoms with Crippen LogP contribution in [0.5, 0.6) is 0 Å². The first-order valence-electron chi connectivity index (χ1n) is 16.9. The molecule has 3 aromatic heterocycles. The Morgan fingerprint density at radius 2 is 1.04 bits per heavy atom. The van der Waals surface area contributed by atoms with Crippen molar-refractivity contribution in [2.75, 3.05) is 0 Å². The Hall–Kier alpha value is -6.36. The van der Waals surface area contributed by atoms with Crippen LogP contribution in [0.25, 0.3) is 103 Å². The van der Waals surface area contributed by atoms with Crippen molar-refractivity contribution in [3.63, 3.8) is 0 Å². The average molecular weight is 654 g/mol. The number of para-hydroxylation sites is 1. The Kier molecular flexibility index (Phi) is 5.83. The zero-order chi connectivity index (χ0) is 32.8. The van der Waals surface area contributed by atoms with E-state index in [1.165, 1.54) is 58.2 Å². The summed E-state index contributed by atoms with van der Waals surface area (Å²) in [4.78, 5) is 11.0. The van der Waals surface area contributed by atoms with Crippen LogP contribution < -0.4 is 0 Å². The fraction of sp³-hybridized carbons (Fsp3) is 0. The van der Waals surface area contributed by atoms with Gasteiger partial charge in [0.25, 0.3) is 0 Å². The molecule has 232 valence electrons. The van der Waals surface area contributed by atoms with E-state index in [4.69, 9.17) is 9.97 Å². The molecule has 0 unspecified atom stereocenters. The van der Waals surface area contributed by atoms with Gasteiger partial charge < -0.3 is 0 Å².